The summed E-state index contributed by atoms with van der Waals surface area (Å²) in [7, 11) is 0. The molecule has 1 aromatic carbocycles. The largest absolute Gasteiger partial charge is 0.325 e. The Morgan fingerprint density at radius 2 is 1.80 bits per heavy atom. The zero-order valence-electron chi connectivity index (χ0n) is 17.2. The van der Waals surface area contributed by atoms with Crippen molar-refractivity contribution in [2.75, 3.05) is 5.32 Å². The van der Waals surface area contributed by atoms with Gasteiger partial charge in [0.15, 0.2) is 0 Å². The highest BCUT2D eigenvalue weighted by Crippen LogP contribution is 2.60. The number of hydrogen-bond donors (Lipinski definition) is 2. The molecule has 4 fully saturated rings. The van der Waals surface area contributed by atoms with Crippen LogP contribution in [0.3, 0.4) is 0 Å². The minimum Gasteiger partial charge on any atom is -0.325 e. The molecular formula is C24H27N3O2S. The van der Waals surface area contributed by atoms with Crippen LogP contribution in [0.2, 0.25) is 0 Å². The van der Waals surface area contributed by atoms with Crippen LogP contribution in [0.25, 0.3) is 0 Å². The summed E-state index contributed by atoms with van der Waals surface area (Å²) < 4.78 is 0. The fourth-order valence-electron chi connectivity index (χ4n) is 6.18. The van der Waals surface area contributed by atoms with Crippen LogP contribution < -0.4 is 10.7 Å². The smallest absolute Gasteiger partial charge is 0.273 e. The maximum atomic E-state index is 13.4. The number of nitrogens with one attached hydrogen (secondary N) is 2. The molecule has 0 spiro atoms. The van der Waals surface area contributed by atoms with Crippen molar-refractivity contribution in [1.82, 2.24) is 5.43 Å². The van der Waals surface area contributed by atoms with Gasteiger partial charge in [0.25, 0.3) is 5.91 Å². The Bertz CT molecular complexity index is 961. The molecule has 2 amide bonds. The van der Waals surface area contributed by atoms with Crippen molar-refractivity contribution in [3.63, 3.8) is 0 Å². The van der Waals surface area contributed by atoms with Gasteiger partial charge in [-0.25, -0.2) is 5.43 Å². The van der Waals surface area contributed by atoms with Gasteiger partial charge in [0.1, 0.15) is 0 Å². The van der Waals surface area contributed by atoms with Gasteiger partial charge < -0.3 is 5.32 Å². The third-order valence-electron chi connectivity index (χ3n) is 7.09. The minimum absolute atomic E-state index is 0.0987. The number of aryl methyl sites for hydroxylation is 1. The number of carbonyl (C=O) groups is 2. The number of thiophene rings is 1. The van der Waals surface area contributed by atoms with Gasteiger partial charge in [-0.1, -0.05) is 17.7 Å². The Labute approximate surface area is 181 Å². The Balaban J connectivity index is 1.33. The van der Waals surface area contributed by atoms with Gasteiger partial charge >= 0.3 is 0 Å². The van der Waals surface area contributed by atoms with E-state index in [9.17, 15) is 9.59 Å². The van der Waals surface area contributed by atoms with Crippen LogP contribution in [0.5, 0.6) is 0 Å². The summed E-state index contributed by atoms with van der Waals surface area (Å²) in [4.78, 5) is 27.2. The SMILES string of the molecule is Cc1ccc(NC(=O)C23CC4CC(CC(C4)C2)C3)c(C(=O)N/N=C/c2cccs2)c1. The molecule has 1 aromatic heterocycles. The standard InChI is InChI=1S/C24H27N3O2S/c1-15-4-5-21(20(7-15)22(28)27-25-14-19-3-2-6-30-19)26-23(29)24-11-16-8-17(12-24)10-18(9-16)13-24/h2-7,14,16-18H,8-13H2,1H3,(H,26,29)(H,27,28)/b25-14+. The van der Waals surface area contributed by atoms with Crippen molar-refractivity contribution in [3.05, 3.63) is 51.7 Å². The summed E-state index contributed by atoms with van der Waals surface area (Å²) in [6.45, 7) is 1.94. The average Bonchev–Trinajstić information content (AvgIpc) is 3.21. The van der Waals surface area contributed by atoms with Gasteiger partial charge in [0.05, 0.1) is 22.9 Å². The van der Waals surface area contributed by atoms with E-state index in [0.29, 0.717) is 29.0 Å². The van der Waals surface area contributed by atoms with Gasteiger partial charge in [0.2, 0.25) is 5.91 Å². The van der Waals surface area contributed by atoms with Crippen molar-refractivity contribution < 1.29 is 9.59 Å². The summed E-state index contributed by atoms with van der Waals surface area (Å²) >= 11 is 1.55. The lowest BCUT2D eigenvalue weighted by atomic mass is 9.49. The Morgan fingerprint density at radius 1 is 1.10 bits per heavy atom. The van der Waals surface area contributed by atoms with Crippen LogP contribution in [-0.4, -0.2) is 18.0 Å². The van der Waals surface area contributed by atoms with E-state index >= 15 is 0 Å². The zero-order chi connectivity index (χ0) is 20.7. The Kier molecular flexibility index (Phi) is 4.97. The molecule has 5 nitrogen and oxygen atoms in total. The summed E-state index contributed by atoms with van der Waals surface area (Å²) in [6, 6.07) is 9.45. The highest BCUT2D eigenvalue weighted by Gasteiger charge is 2.54. The number of nitrogens with zero attached hydrogens (tertiary/aromatic N) is 1. The maximum absolute atomic E-state index is 13.4. The molecule has 4 aliphatic carbocycles. The molecule has 1 heterocycles. The van der Waals surface area contributed by atoms with E-state index in [0.717, 1.165) is 29.7 Å². The number of rotatable bonds is 5. The number of carbonyl (C=O) groups excluding carboxylic acids is 2. The molecule has 30 heavy (non-hydrogen) atoms. The second-order valence-corrected chi connectivity index (χ2v) is 10.4. The lowest BCUT2D eigenvalue weighted by molar-refractivity contribution is -0.140. The number of anilines is 1. The normalized spacial score (nSPS) is 29.3. The number of amides is 2. The number of benzene rings is 1. The molecule has 156 valence electrons. The number of hydrazone groups is 1. The van der Waals surface area contributed by atoms with E-state index in [-0.39, 0.29) is 17.2 Å². The Hall–Kier alpha value is -2.47. The van der Waals surface area contributed by atoms with Crippen LogP contribution in [0.4, 0.5) is 5.69 Å². The summed E-state index contributed by atoms with van der Waals surface area (Å²) in [5.74, 6) is 1.90. The van der Waals surface area contributed by atoms with Crippen LogP contribution in [0, 0.1) is 30.1 Å². The molecule has 0 aliphatic heterocycles. The van der Waals surface area contributed by atoms with Gasteiger partial charge in [-0.05, 0) is 86.8 Å². The summed E-state index contributed by atoms with van der Waals surface area (Å²) in [6.07, 6.45) is 8.54. The van der Waals surface area contributed by atoms with Crippen molar-refractivity contribution in [2.45, 2.75) is 45.4 Å². The van der Waals surface area contributed by atoms with Crippen LogP contribution in [0.1, 0.15) is 59.3 Å². The van der Waals surface area contributed by atoms with Crippen LogP contribution in [-0.2, 0) is 4.79 Å². The topological polar surface area (TPSA) is 70.6 Å². The van der Waals surface area contributed by atoms with Crippen LogP contribution >= 0.6 is 11.3 Å². The van der Waals surface area contributed by atoms with E-state index in [2.05, 4.69) is 15.8 Å². The lowest BCUT2D eigenvalue weighted by Gasteiger charge is -2.55. The first-order valence-electron chi connectivity index (χ1n) is 10.8. The molecule has 2 aromatic rings. The molecule has 4 aliphatic rings. The third kappa shape index (κ3) is 3.69. The molecule has 4 bridgehead atoms. The summed E-state index contributed by atoms with van der Waals surface area (Å²) in [5.41, 5.74) is 4.35. The van der Waals surface area contributed by atoms with Gasteiger partial charge in [0, 0.05) is 4.88 Å². The molecule has 0 unspecified atom stereocenters. The fraction of sp³-hybridized carbons (Fsp3) is 0.458. The predicted octanol–water partition coefficient (Wildman–Crippen LogP) is 4.98. The fourth-order valence-corrected chi connectivity index (χ4v) is 6.76. The van der Waals surface area contributed by atoms with E-state index in [1.807, 2.05) is 42.6 Å². The predicted molar refractivity (Wildman–Crippen MR) is 120 cm³/mol. The van der Waals surface area contributed by atoms with Crippen LogP contribution in [0.15, 0.2) is 40.8 Å². The molecule has 0 saturated heterocycles. The molecular weight excluding hydrogens is 394 g/mol. The molecule has 6 heteroatoms. The Morgan fingerprint density at radius 3 is 2.43 bits per heavy atom. The molecule has 2 N–H and O–H groups in total. The lowest BCUT2D eigenvalue weighted by Crippen LogP contribution is -2.51. The van der Waals surface area contributed by atoms with Gasteiger partial charge in [-0.15, -0.1) is 11.3 Å². The molecule has 0 atom stereocenters. The zero-order valence-corrected chi connectivity index (χ0v) is 18.0. The highest BCUT2D eigenvalue weighted by molar-refractivity contribution is 7.11. The first-order chi connectivity index (χ1) is 14.5. The third-order valence-corrected chi connectivity index (χ3v) is 7.90. The quantitative estimate of drug-likeness (QED) is 0.528. The van der Waals surface area contributed by atoms with E-state index in [1.54, 1.807) is 17.6 Å². The minimum atomic E-state index is -0.313. The maximum Gasteiger partial charge on any atom is 0.273 e. The second-order valence-electron chi connectivity index (χ2n) is 9.42. The molecule has 4 saturated carbocycles. The van der Waals surface area contributed by atoms with Gasteiger partial charge in [-0.2, -0.15) is 5.10 Å². The van der Waals surface area contributed by atoms with Crippen molar-refractivity contribution in [1.29, 1.82) is 0 Å². The van der Waals surface area contributed by atoms with E-state index in [1.165, 1.54) is 19.3 Å². The molecule has 6 rings (SSSR count). The average molecular weight is 422 g/mol. The second kappa shape index (κ2) is 7.65. The monoisotopic (exact) mass is 421 g/mol. The molecule has 0 radical (unpaired) electrons. The van der Waals surface area contributed by atoms with E-state index in [4.69, 9.17) is 0 Å². The van der Waals surface area contributed by atoms with Gasteiger partial charge in [-0.3, -0.25) is 9.59 Å². The first kappa shape index (κ1) is 19.5. The van der Waals surface area contributed by atoms with Crippen molar-refractivity contribution >= 4 is 35.1 Å². The number of hydrogen-bond acceptors (Lipinski definition) is 4. The van der Waals surface area contributed by atoms with Crippen molar-refractivity contribution in [2.24, 2.45) is 28.3 Å². The first-order valence-corrected chi connectivity index (χ1v) is 11.7. The van der Waals surface area contributed by atoms with Crippen molar-refractivity contribution in [3.8, 4) is 0 Å². The highest BCUT2D eigenvalue weighted by atomic mass is 32.1. The van der Waals surface area contributed by atoms with E-state index < -0.39 is 0 Å². The summed E-state index contributed by atoms with van der Waals surface area (Å²) in [5, 5.41) is 9.16.